The van der Waals surface area contributed by atoms with E-state index in [1.165, 1.54) is 18.2 Å². The quantitative estimate of drug-likeness (QED) is 0.710. The van der Waals surface area contributed by atoms with E-state index in [9.17, 15) is 18.0 Å². The van der Waals surface area contributed by atoms with Crippen LogP contribution in [0.15, 0.2) is 18.2 Å². The average molecular weight is 343 g/mol. The van der Waals surface area contributed by atoms with E-state index >= 15 is 0 Å². The van der Waals surface area contributed by atoms with Crippen LogP contribution in [0.1, 0.15) is 12.0 Å². The molecule has 0 bridgehead atoms. The highest BCUT2D eigenvalue weighted by Crippen LogP contribution is 2.42. The monoisotopic (exact) mass is 341 g/mol. The molecule has 0 aromatic heterocycles. The Morgan fingerprint density at radius 3 is 2.56 bits per heavy atom. The maximum atomic E-state index is 13.0. The lowest BCUT2D eigenvalue weighted by Gasteiger charge is -2.22. The molecule has 1 amide bonds. The molecule has 1 aliphatic rings. The summed E-state index contributed by atoms with van der Waals surface area (Å²) in [4.78, 5) is 12.6. The number of halogens is 5. The van der Waals surface area contributed by atoms with Crippen LogP contribution in [0.4, 0.5) is 18.9 Å². The van der Waals surface area contributed by atoms with Gasteiger partial charge in [-0.2, -0.15) is 13.2 Å². The molecule has 0 saturated carbocycles. The molecule has 1 unspecified atom stereocenters. The van der Waals surface area contributed by atoms with E-state index < -0.39 is 16.8 Å². The van der Waals surface area contributed by atoms with Crippen molar-refractivity contribution in [2.24, 2.45) is 0 Å². The minimum atomic E-state index is -4.58. The smallest absolute Gasteiger partial charge is 0.311 e. The molecular weight excluding hydrogens is 334 g/mol. The molecule has 1 atom stereocenters. The first-order valence-electron chi connectivity index (χ1n) is 5.11. The number of benzene rings is 1. The minimum Gasteiger partial charge on any atom is -0.311 e. The summed E-state index contributed by atoms with van der Waals surface area (Å²) in [5, 5.41) is -0.397. The standard InChI is InChI=1S/C11H8BrClF3NO/c12-6-4-9(18)17(5-6)8-3-1-2-7(13)10(8)11(14,15)16/h1-3,6H,4-5H2. The van der Waals surface area contributed by atoms with Gasteiger partial charge in [-0.1, -0.05) is 33.6 Å². The van der Waals surface area contributed by atoms with Crippen molar-refractivity contribution in [2.45, 2.75) is 17.4 Å². The van der Waals surface area contributed by atoms with Crippen LogP contribution in [-0.2, 0) is 11.0 Å². The molecule has 7 heteroatoms. The Bertz CT molecular complexity index is 492. The van der Waals surface area contributed by atoms with Crippen molar-refractivity contribution >= 4 is 39.1 Å². The topological polar surface area (TPSA) is 20.3 Å². The lowest BCUT2D eigenvalue weighted by Crippen LogP contribution is -2.27. The van der Waals surface area contributed by atoms with Crippen LogP contribution in [0, 0.1) is 0 Å². The second-order valence-corrected chi connectivity index (χ2v) is 5.64. The maximum Gasteiger partial charge on any atom is 0.419 e. The third-order valence-corrected chi connectivity index (χ3v) is 3.57. The van der Waals surface area contributed by atoms with Gasteiger partial charge in [0.25, 0.3) is 0 Å². The van der Waals surface area contributed by atoms with Crippen LogP contribution >= 0.6 is 27.5 Å². The third kappa shape index (κ3) is 2.49. The summed E-state index contributed by atoms with van der Waals surface area (Å²) >= 11 is 8.84. The molecule has 1 saturated heterocycles. The van der Waals surface area contributed by atoms with E-state index in [0.717, 1.165) is 4.90 Å². The maximum absolute atomic E-state index is 13.0. The molecule has 1 heterocycles. The first-order valence-corrected chi connectivity index (χ1v) is 6.40. The summed E-state index contributed by atoms with van der Waals surface area (Å²) in [6, 6.07) is 3.83. The molecule has 2 rings (SSSR count). The van der Waals surface area contributed by atoms with Crippen LogP contribution in [0.3, 0.4) is 0 Å². The molecule has 0 radical (unpaired) electrons. The van der Waals surface area contributed by atoms with E-state index in [4.69, 9.17) is 11.6 Å². The molecule has 0 N–H and O–H groups in total. The van der Waals surface area contributed by atoms with E-state index in [1.54, 1.807) is 0 Å². The van der Waals surface area contributed by atoms with Crippen molar-refractivity contribution in [2.75, 3.05) is 11.4 Å². The highest BCUT2D eigenvalue weighted by atomic mass is 79.9. The van der Waals surface area contributed by atoms with E-state index in [1.807, 2.05) is 0 Å². The van der Waals surface area contributed by atoms with Gasteiger partial charge >= 0.3 is 6.18 Å². The first-order chi connectivity index (χ1) is 8.30. The van der Waals surface area contributed by atoms with Gasteiger partial charge in [0, 0.05) is 17.8 Å². The summed E-state index contributed by atoms with van der Waals surface area (Å²) in [6.07, 6.45) is -4.40. The number of rotatable bonds is 1. The zero-order valence-electron chi connectivity index (χ0n) is 8.97. The lowest BCUT2D eigenvalue weighted by molar-refractivity contribution is -0.137. The molecule has 1 fully saturated rings. The normalized spacial score (nSPS) is 20.6. The van der Waals surface area contributed by atoms with Crippen molar-refractivity contribution in [1.29, 1.82) is 0 Å². The summed E-state index contributed by atoms with van der Waals surface area (Å²) in [5.41, 5.74) is -1.14. The fourth-order valence-electron chi connectivity index (χ4n) is 1.92. The number of anilines is 1. The number of amides is 1. The molecule has 2 nitrogen and oxygen atoms in total. The molecule has 18 heavy (non-hydrogen) atoms. The molecule has 1 aliphatic heterocycles. The van der Waals surface area contributed by atoms with E-state index in [2.05, 4.69) is 15.9 Å². The summed E-state index contributed by atoms with van der Waals surface area (Å²) in [7, 11) is 0. The number of nitrogens with zero attached hydrogens (tertiary/aromatic N) is 1. The number of carbonyl (C=O) groups is 1. The van der Waals surface area contributed by atoms with Crippen molar-refractivity contribution in [3.63, 3.8) is 0 Å². The van der Waals surface area contributed by atoms with Gasteiger partial charge in [-0.15, -0.1) is 0 Å². The molecule has 98 valence electrons. The van der Waals surface area contributed by atoms with Crippen LogP contribution in [0.25, 0.3) is 0 Å². The Balaban J connectivity index is 2.52. The second kappa shape index (κ2) is 4.74. The van der Waals surface area contributed by atoms with E-state index in [-0.39, 0.29) is 29.4 Å². The molecule has 1 aromatic carbocycles. The highest BCUT2D eigenvalue weighted by Gasteiger charge is 2.40. The fraction of sp³-hybridized carbons (Fsp3) is 0.364. The van der Waals surface area contributed by atoms with Gasteiger partial charge in [-0.05, 0) is 12.1 Å². The fourth-order valence-corrected chi connectivity index (χ4v) is 2.76. The molecule has 0 spiro atoms. The Morgan fingerprint density at radius 1 is 1.39 bits per heavy atom. The number of alkyl halides is 4. The summed E-state index contributed by atoms with van der Waals surface area (Å²) in [6.45, 7) is 0.211. The number of carbonyl (C=O) groups excluding carboxylic acids is 1. The van der Waals surface area contributed by atoms with Gasteiger partial charge in [0.2, 0.25) is 5.91 Å². The zero-order valence-corrected chi connectivity index (χ0v) is 11.3. The van der Waals surface area contributed by atoms with Crippen molar-refractivity contribution < 1.29 is 18.0 Å². The Labute approximate surface area is 115 Å². The predicted octanol–water partition coefficient (Wildman–Crippen LogP) is 3.86. The summed E-state index contributed by atoms with van der Waals surface area (Å²) in [5.74, 6) is -0.343. The Kier molecular flexibility index (Phi) is 3.60. The van der Waals surface area contributed by atoms with Gasteiger partial charge in [-0.3, -0.25) is 4.79 Å². The molecular formula is C11H8BrClF3NO. The van der Waals surface area contributed by atoms with Gasteiger partial charge in [0.15, 0.2) is 0 Å². The van der Waals surface area contributed by atoms with Gasteiger partial charge < -0.3 is 4.90 Å². The average Bonchev–Trinajstić information content (AvgIpc) is 2.55. The molecule has 1 aromatic rings. The van der Waals surface area contributed by atoms with E-state index in [0.29, 0.717) is 0 Å². The second-order valence-electron chi connectivity index (χ2n) is 3.94. The zero-order chi connectivity index (χ0) is 13.5. The van der Waals surface area contributed by atoms with Crippen LogP contribution in [0.5, 0.6) is 0 Å². The van der Waals surface area contributed by atoms with Gasteiger partial charge in [0.1, 0.15) is 0 Å². The number of hydrogen-bond donors (Lipinski definition) is 0. The Morgan fingerprint density at radius 2 is 2.06 bits per heavy atom. The lowest BCUT2D eigenvalue weighted by atomic mass is 10.1. The number of hydrogen-bond acceptors (Lipinski definition) is 1. The first kappa shape index (κ1) is 13.7. The van der Waals surface area contributed by atoms with Gasteiger partial charge in [-0.25, -0.2) is 0 Å². The van der Waals surface area contributed by atoms with Crippen LogP contribution < -0.4 is 4.90 Å². The highest BCUT2D eigenvalue weighted by molar-refractivity contribution is 9.09. The Hall–Kier alpha value is -0.750. The third-order valence-electron chi connectivity index (χ3n) is 2.64. The van der Waals surface area contributed by atoms with Crippen molar-refractivity contribution in [3.8, 4) is 0 Å². The molecule has 0 aliphatic carbocycles. The van der Waals surface area contributed by atoms with Crippen molar-refractivity contribution in [3.05, 3.63) is 28.8 Å². The minimum absolute atomic E-state index is 0.134. The van der Waals surface area contributed by atoms with Crippen molar-refractivity contribution in [1.82, 2.24) is 0 Å². The largest absolute Gasteiger partial charge is 0.419 e. The van der Waals surface area contributed by atoms with Crippen LogP contribution in [-0.4, -0.2) is 17.3 Å². The van der Waals surface area contributed by atoms with Crippen LogP contribution in [0.2, 0.25) is 5.02 Å². The SMILES string of the molecule is O=C1CC(Br)CN1c1cccc(Cl)c1C(F)(F)F. The van der Waals surface area contributed by atoms with Gasteiger partial charge in [0.05, 0.1) is 16.3 Å². The summed E-state index contributed by atoms with van der Waals surface area (Å²) < 4.78 is 38.9. The predicted molar refractivity (Wildman–Crippen MR) is 66.1 cm³/mol.